The molecule has 1 fully saturated rings. The fourth-order valence-electron chi connectivity index (χ4n) is 1.95. The van der Waals surface area contributed by atoms with Crippen LogP contribution in [0, 0.1) is 0 Å². The average Bonchev–Trinajstić information content (AvgIpc) is 3.39. The highest BCUT2D eigenvalue weighted by Gasteiger charge is 2.26. The van der Waals surface area contributed by atoms with Gasteiger partial charge in [-0.3, -0.25) is 10.2 Å². The van der Waals surface area contributed by atoms with E-state index in [1.54, 1.807) is 30.3 Å². The van der Waals surface area contributed by atoms with Gasteiger partial charge in [0.05, 0.1) is 17.7 Å². The molecule has 0 heterocycles. The highest BCUT2D eigenvalue weighted by atomic mass is 35.5. The second-order valence-electron chi connectivity index (χ2n) is 5.61. The van der Waals surface area contributed by atoms with Gasteiger partial charge in [-0.2, -0.15) is 0 Å². The monoisotopic (exact) mass is 436 g/mol. The lowest BCUT2D eigenvalue weighted by atomic mass is 10.2. The number of amides is 1. The Kier molecular flexibility index (Phi) is 8.44. The Bertz CT molecular complexity index is 656. The van der Waals surface area contributed by atoms with Crippen molar-refractivity contribution in [1.29, 1.82) is 0 Å². The van der Waals surface area contributed by atoms with E-state index in [-0.39, 0.29) is 19.1 Å². The molecule has 1 aromatic carbocycles. The Morgan fingerprint density at radius 3 is 2.77 bits per heavy atom. The summed E-state index contributed by atoms with van der Waals surface area (Å²) in [6, 6.07) is 7.00. The van der Waals surface area contributed by atoms with Crippen molar-refractivity contribution < 1.29 is 14.4 Å². The molecule has 9 heteroatoms. The van der Waals surface area contributed by atoms with Crippen LogP contribution in [0.3, 0.4) is 0 Å². The molecule has 1 N–H and O–H groups in total. The number of rotatable bonds is 9. The van der Waals surface area contributed by atoms with E-state index in [2.05, 4.69) is 11.9 Å². The van der Waals surface area contributed by atoms with Gasteiger partial charge in [-0.15, -0.1) is 41.4 Å². The number of ether oxygens (including phenoxy) is 1. The minimum Gasteiger partial charge on any atom is -0.446 e. The van der Waals surface area contributed by atoms with E-state index in [9.17, 15) is 4.79 Å². The molecule has 1 aliphatic carbocycles. The summed E-state index contributed by atoms with van der Waals surface area (Å²) in [5.41, 5.74) is 1.17. The number of halogens is 3. The molecule has 1 saturated carbocycles. The number of nitrogens with one attached hydrogen (secondary N) is 1. The van der Waals surface area contributed by atoms with Crippen molar-refractivity contribution in [2.75, 3.05) is 17.0 Å². The number of hydrogen-bond donors (Lipinski definition) is 1. The van der Waals surface area contributed by atoms with E-state index in [0.29, 0.717) is 16.4 Å². The molecular weight excluding hydrogens is 419 g/mol. The van der Waals surface area contributed by atoms with Crippen LogP contribution in [-0.2, 0) is 9.57 Å². The highest BCUT2D eigenvalue weighted by molar-refractivity contribution is 7.80. The van der Waals surface area contributed by atoms with Gasteiger partial charge in [0.25, 0.3) is 0 Å². The molecular formula is C17H19Cl3N2O3S. The summed E-state index contributed by atoms with van der Waals surface area (Å²) >= 11 is 23.1. The Balaban J connectivity index is 2.10. The molecule has 1 atom stereocenters. The second-order valence-corrected chi connectivity index (χ2v) is 7.80. The van der Waals surface area contributed by atoms with Gasteiger partial charge in [0.2, 0.25) is 0 Å². The van der Waals surface area contributed by atoms with E-state index >= 15 is 0 Å². The molecule has 142 valence electrons. The summed E-state index contributed by atoms with van der Waals surface area (Å²) in [5, 5.41) is 3.57. The van der Waals surface area contributed by atoms with E-state index in [1.165, 1.54) is 5.06 Å². The molecule has 26 heavy (non-hydrogen) atoms. The molecule has 1 unspecified atom stereocenters. The quantitative estimate of drug-likeness (QED) is 0.241. The fraction of sp³-hybridized carbons (Fsp3) is 0.412. The first-order valence-electron chi connectivity index (χ1n) is 7.97. The molecule has 1 amide bonds. The van der Waals surface area contributed by atoms with Gasteiger partial charge in [-0.1, -0.05) is 24.4 Å². The standard InChI is InChI=1S/C17H19Cl3N2O3S/c1-2-8-24-22(15(26)10-14(18)16(19)20)12-5-3-4-11(9-12)21-17(23)25-13-6-7-13/h2-5,9,13-14,16H,1,6-8,10H2,(H,21,23). The minimum absolute atomic E-state index is 0.0258. The van der Waals surface area contributed by atoms with Gasteiger partial charge in [0, 0.05) is 12.1 Å². The van der Waals surface area contributed by atoms with Crippen LogP contribution in [0.5, 0.6) is 0 Å². The van der Waals surface area contributed by atoms with Crippen molar-refractivity contribution in [2.45, 2.75) is 35.6 Å². The zero-order chi connectivity index (χ0) is 19.1. The zero-order valence-corrected chi connectivity index (χ0v) is 17.0. The number of anilines is 2. The predicted molar refractivity (Wildman–Crippen MR) is 111 cm³/mol. The van der Waals surface area contributed by atoms with Crippen molar-refractivity contribution >= 4 is 69.5 Å². The van der Waals surface area contributed by atoms with Crippen LogP contribution in [0.25, 0.3) is 0 Å². The Morgan fingerprint density at radius 1 is 1.42 bits per heavy atom. The summed E-state index contributed by atoms with van der Waals surface area (Å²) in [7, 11) is 0. The van der Waals surface area contributed by atoms with E-state index in [4.69, 9.17) is 56.6 Å². The summed E-state index contributed by atoms with van der Waals surface area (Å²) in [6.07, 6.45) is 3.19. The maximum absolute atomic E-state index is 11.8. The van der Waals surface area contributed by atoms with Gasteiger partial charge in [0.1, 0.15) is 15.9 Å². The molecule has 1 aromatic rings. The number of carbonyl (C=O) groups is 1. The predicted octanol–water partition coefficient (Wildman–Crippen LogP) is 5.45. The van der Waals surface area contributed by atoms with Gasteiger partial charge >= 0.3 is 6.09 Å². The van der Waals surface area contributed by atoms with Crippen molar-refractivity contribution in [3.63, 3.8) is 0 Å². The Labute approximate surface area is 173 Å². The van der Waals surface area contributed by atoms with Crippen LogP contribution in [-0.4, -0.2) is 34.0 Å². The normalized spacial score (nSPS) is 14.6. The molecule has 0 aromatic heterocycles. The van der Waals surface area contributed by atoms with Crippen LogP contribution in [0.1, 0.15) is 19.3 Å². The number of hydroxylamine groups is 1. The van der Waals surface area contributed by atoms with Crippen LogP contribution in [0.15, 0.2) is 36.9 Å². The van der Waals surface area contributed by atoms with Crippen molar-refractivity contribution in [3.8, 4) is 0 Å². The fourth-order valence-corrected chi connectivity index (χ4v) is 2.70. The molecule has 0 spiro atoms. The number of alkyl halides is 3. The molecule has 1 aliphatic rings. The average molecular weight is 438 g/mol. The summed E-state index contributed by atoms with van der Waals surface area (Å²) in [5.74, 6) is 0. The van der Waals surface area contributed by atoms with Gasteiger partial charge in [-0.25, -0.2) is 9.86 Å². The Morgan fingerprint density at radius 2 is 2.15 bits per heavy atom. The molecule has 0 saturated heterocycles. The van der Waals surface area contributed by atoms with Crippen LogP contribution >= 0.6 is 47.0 Å². The number of nitrogens with zero attached hydrogens (tertiary/aromatic N) is 1. The molecule has 0 aliphatic heterocycles. The lowest BCUT2D eigenvalue weighted by molar-refractivity contribution is 0.154. The van der Waals surface area contributed by atoms with Gasteiger partial charge in [0.15, 0.2) is 0 Å². The topological polar surface area (TPSA) is 50.8 Å². The lowest BCUT2D eigenvalue weighted by Crippen LogP contribution is -2.32. The summed E-state index contributed by atoms with van der Waals surface area (Å²) in [4.78, 5) is 17.1. The number of carbonyl (C=O) groups excluding carboxylic acids is 1. The minimum atomic E-state index is -0.763. The largest absolute Gasteiger partial charge is 0.446 e. The zero-order valence-electron chi connectivity index (χ0n) is 13.9. The van der Waals surface area contributed by atoms with Crippen molar-refractivity contribution in [3.05, 3.63) is 36.9 Å². The first-order valence-corrected chi connectivity index (χ1v) is 9.69. The first kappa shape index (κ1) is 21.3. The lowest BCUT2D eigenvalue weighted by Gasteiger charge is -2.25. The number of benzene rings is 1. The maximum Gasteiger partial charge on any atom is 0.411 e. The molecule has 5 nitrogen and oxygen atoms in total. The molecule has 0 radical (unpaired) electrons. The van der Waals surface area contributed by atoms with Crippen molar-refractivity contribution in [2.24, 2.45) is 0 Å². The van der Waals surface area contributed by atoms with Crippen molar-refractivity contribution in [1.82, 2.24) is 0 Å². The van der Waals surface area contributed by atoms with E-state index < -0.39 is 16.3 Å². The van der Waals surface area contributed by atoms with Crippen LogP contribution in [0.4, 0.5) is 16.2 Å². The third-order valence-electron chi connectivity index (χ3n) is 3.32. The smallest absolute Gasteiger partial charge is 0.411 e. The molecule has 2 rings (SSSR count). The highest BCUT2D eigenvalue weighted by Crippen LogP contribution is 2.26. The summed E-state index contributed by atoms with van der Waals surface area (Å²) < 4.78 is 5.18. The van der Waals surface area contributed by atoms with Crippen LogP contribution < -0.4 is 10.4 Å². The number of hydrogen-bond acceptors (Lipinski definition) is 4. The SMILES string of the molecule is C=CCON(C(=S)CC(Cl)C(Cl)Cl)c1cccc(NC(=O)OC2CC2)c1. The summed E-state index contributed by atoms with van der Waals surface area (Å²) in [6.45, 7) is 3.86. The van der Waals surface area contributed by atoms with Gasteiger partial charge in [-0.05, 0) is 31.0 Å². The second kappa shape index (κ2) is 10.3. The van der Waals surface area contributed by atoms with Gasteiger partial charge < -0.3 is 4.74 Å². The maximum atomic E-state index is 11.8. The van der Waals surface area contributed by atoms with E-state index in [0.717, 1.165) is 12.8 Å². The van der Waals surface area contributed by atoms with E-state index in [1.807, 2.05) is 0 Å². The first-order chi connectivity index (χ1) is 12.4. The number of thiocarbonyl (C=S) groups is 1. The Hall–Kier alpha value is -1.05. The van der Waals surface area contributed by atoms with Crippen LogP contribution in [0.2, 0.25) is 0 Å². The molecule has 0 bridgehead atoms. The third-order valence-corrected chi connectivity index (χ3v) is 4.92. The third kappa shape index (κ3) is 6.93.